The van der Waals surface area contributed by atoms with E-state index in [9.17, 15) is 9.50 Å². The number of methoxy groups -OCH3 is 1. The quantitative estimate of drug-likeness (QED) is 0.904. The molecule has 2 aromatic carbocycles. The second-order valence-electron chi connectivity index (χ2n) is 4.77. The summed E-state index contributed by atoms with van der Waals surface area (Å²) in [5.41, 5.74) is 3.10. The molecular weight excluding hydrogens is 323 g/mol. The molecule has 20 heavy (non-hydrogen) atoms. The third-order valence-electron chi connectivity index (χ3n) is 3.24. The maximum Gasteiger partial charge on any atom is 0.125 e. The van der Waals surface area contributed by atoms with Gasteiger partial charge in [0.05, 0.1) is 7.11 Å². The van der Waals surface area contributed by atoms with Crippen LogP contribution in [-0.4, -0.2) is 12.2 Å². The van der Waals surface area contributed by atoms with Crippen molar-refractivity contribution in [3.63, 3.8) is 0 Å². The summed E-state index contributed by atoms with van der Waals surface area (Å²) in [4.78, 5) is 0. The first kappa shape index (κ1) is 15.0. The summed E-state index contributed by atoms with van der Waals surface area (Å²) < 4.78 is 19.4. The Bertz CT molecular complexity index is 641. The van der Waals surface area contributed by atoms with E-state index in [0.717, 1.165) is 11.1 Å². The predicted molar refractivity (Wildman–Crippen MR) is 80.6 cm³/mol. The second kappa shape index (κ2) is 5.94. The van der Waals surface area contributed by atoms with Gasteiger partial charge in [-0.3, -0.25) is 0 Å². The van der Waals surface area contributed by atoms with E-state index in [1.807, 2.05) is 26.0 Å². The molecule has 1 atom stereocenters. The molecule has 0 aromatic heterocycles. The Morgan fingerprint density at radius 1 is 1.20 bits per heavy atom. The van der Waals surface area contributed by atoms with Gasteiger partial charge in [-0.15, -0.1) is 0 Å². The number of aryl methyl sites for hydroxylation is 2. The van der Waals surface area contributed by atoms with E-state index in [-0.39, 0.29) is 5.82 Å². The lowest BCUT2D eigenvalue weighted by Gasteiger charge is -2.19. The molecule has 1 unspecified atom stereocenters. The minimum Gasteiger partial charge on any atom is -0.496 e. The molecular formula is C16H16BrFO2. The van der Waals surface area contributed by atoms with Gasteiger partial charge in [0.15, 0.2) is 0 Å². The fourth-order valence-corrected chi connectivity index (χ4v) is 2.80. The highest BCUT2D eigenvalue weighted by Gasteiger charge is 2.21. The molecule has 0 saturated heterocycles. The number of aliphatic hydroxyl groups is 1. The molecule has 0 saturated carbocycles. The highest BCUT2D eigenvalue weighted by molar-refractivity contribution is 9.10. The third-order valence-corrected chi connectivity index (χ3v) is 3.96. The molecule has 0 spiro atoms. The van der Waals surface area contributed by atoms with Crippen LogP contribution in [0.15, 0.2) is 34.8 Å². The standard InChI is InChI=1S/C16H16BrFO2/c1-9-6-10(2)15(14(7-9)20-3)16(19)12-8-11(18)4-5-13(12)17/h4-8,16,19H,1-3H3. The first-order valence-electron chi connectivity index (χ1n) is 6.22. The fourth-order valence-electron chi connectivity index (χ4n) is 2.34. The smallest absolute Gasteiger partial charge is 0.125 e. The first-order valence-corrected chi connectivity index (χ1v) is 7.01. The Balaban J connectivity index is 2.58. The van der Waals surface area contributed by atoms with E-state index in [0.29, 0.717) is 21.3 Å². The maximum absolute atomic E-state index is 13.4. The van der Waals surface area contributed by atoms with Crippen molar-refractivity contribution in [3.8, 4) is 5.75 Å². The normalized spacial score (nSPS) is 12.3. The van der Waals surface area contributed by atoms with E-state index < -0.39 is 6.10 Å². The van der Waals surface area contributed by atoms with Gasteiger partial charge in [-0.2, -0.15) is 0 Å². The molecule has 2 nitrogen and oxygen atoms in total. The van der Waals surface area contributed by atoms with E-state index in [1.165, 1.54) is 12.1 Å². The zero-order valence-electron chi connectivity index (χ0n) is 11.6. The molecule has 0 fully saturated rings. The summed E-state index contributed by atoms with van der Waals surface area (Å²) in [5, 5.41) is 10.6. The number of benzene rings is 2. The Labute approximate surface area is 126 Å². The van der Waals surface area contributed by atoms with Crippen LogP contribution in [0.1, 0.15) is 28.4 Å². The monoisotopic (exact) mass is 338 g/mol. The van der Waals surface area contributed by atoms with Crippen molar-refractivity contribution in [2.75, 3.05) is 7.11 Å². The van der Waals surface area contributed by atoms with Gasteiger partial charge in [-0.05, 0) is 49.2 Å². The van der Waals surface area contributed by atoms with Crippen LogP contribution in [0.3, 0.4) is 0 Å². The lowest BCUT2D eigenvalue weighted by molar-refractivity contribution is 0.212. The molecule has 0 aliphatic rings. The van der Waals surface area contributed by atoms with Crippen LogP contribution in [0.5, 0.6) is 5.75 Å². The Kier molecular flexibility index (Phi) is 4.45. The number of halogens is 2. The zero-order chi connectivity index (χ0) is 14.9. The molecule has 0 radical (unpaired) electrons. The van der Waals surface area contributed by atoms with Crippen molar-refractivity contribution in [2.24, 2.45) is 0 Å². The van der Waals surface area contributed by atoms with Gasteiger partial charge in [0.1, 0.15) is 17.7 Å². The van der Waals surface area contributed by atoms with Crippen LogP contribution in [0.2, 0.25) is 0 Å². The van der Waals surface area contributed by atoms with E-state index in [2.05, 4.69) is 15.9 Å². The lowest BCUT2D eigenvalue weighted by atomic mass is 9.95. The molecule has 0 amide bonds. The van der Waals surface area contributed by atoms with Crippen molar-refractivity contribution < 1.29 is 14.2 Å². The van der Waals surface area contributed by atoms with Crippen LogP contribution in [0.4, 0.5) is 4.39 Å². The van der Waals surface area contributed by atoms with E-state index in [4.69, 9.17) is 4.74 Å². The molecule has 0 aliphatic heterocycles. The average Bonchev–Trinajstić information content (AvgIpc) is 2.40. The summed E-state index contributed by atoms with van der Waals surface area (Å²) in [6, 6.07) is 8.09. The Hall–Kier alpha value is -1.39. The van der Waals surface area contributed by atoms with Crippen molar-refractivity contribution in [2.45, 2.75) is 20.0 Å². The SMILES string of the molecule is COc1cc(C)cc(C)c1C(O)c1cc(F)ccc1Br. The first-order chi connectivity index (χ1) is 9.43. The Morgan fingerprint density at radius 2 is 1.90 bits per heavy atom. The highest BCUT2D eigenvalue weighted by atomic mass is 79.9. The minimum atomic E-state index is -0.948. The summed E-state index contributed by atoms with van der Waals surface area (Å²) in [7, 11) is 1.56. The number of ether oxygens (including phenoxy) is 1. The Morgan fingerprint density at radius 3 is 2.55 bits per heavy atom. The van der Waals surface area contributed by atoms with E-state index >= 15 is 0 Å². The van der Waals surface area contributed by atoms with Gasteiger partial charge in [0.2, 0.25) is 0 Å². The van der Waals surface area contributed by atoms with Crippen LogP contribution in [0, 0.1) is 19.7 Å². The van der Waals surface area contributed by atoms with E-state index in [1.54, 1.807) is 13.2 Å². The zero-order valence-corrected chi connectivity index (χ0v) is 13.2. The minimum absolute atomic E-state index is 0.383. The fraction of sp³-hybridized carbons (Fsp3) is 0.250. The van der Waals surface area contributed by atoms with Gasteiger partial charge < -0.3 is 9.84 Å². The van der Waals surface area contributed by atoms with Gasteiger partial charge in [-0.1, -0.05) is 22.0 Å². The summed E-state index contributed by atoms with van der Waals surface area (Å²) in [6.07, 6.45) is -0.948. The topological polar surface area (TPSA) is 29.5 Å². The van der Waals surface area contributed by atoms with Crippen molar-refractivity contribution in [1.82, 2.24) is 0 Å². The molecule has 1 N–H and O–H groups in total. The molecule has 106 valence electrons. The average molecular weight is 339 g/mol. The number of aliphatic hydroxyl groups excluding tert-OH is 1. The second-order valence-corrected chi connectivity index (χ2v) is 5.62. The van der Waals surface area contributed by atoms with Crippen molar-refractivity contribution in [3.05, 3.63) is 62.9 Å². The number of hydrogen-bond donors (Lipinski definition) is 1. The largest absolute Gasteiger partial charge is 0.496 e. The molecule has 0 heterocycles. The lowest BCUT2D eigenvalue weighted by Crippen LogP contribution is -2.06. The van der Waals surface area contributed by atoms with Crippen LogP contribution >= 0.6 is 15.9 Å². The summed E-state index contributed by atoms with van der Waals surface area (Å²) in [5.74, 6) is 0.220. The summed E-state index contributed by atoms with van der Waals surface area (Å²) in [6.45, 7) is 3.87. The van der Waals surface area contributed by atoms with Crippen LogP contribution in [0.25, 0.3) is 0 Å². The maximum atomic E-state index is 13.4. The van der Waals surface area contributed by atoms with Crippen molar-refractivity contribution in [1.29, 1.82) is 0 Å². The van der Waals surface area contributed by atoms with Crippen LogP contribution < -0.4 is 4.74 Å². The van der Waals surface area contributed by atoms with Gasteiger partial charge in [0, 0.05) is 15.6 Å². The highest BCUT2D eigenvalue weighted by Crippen LogP contribution is 2.36. The summed E-state index contributed by atoms with van der Waals surface area (Å²) >= 11 is 3.35. The van der Waals surface area contributed by atoms with Crippen LogP contribution in [-0.2, 0) is 0 Å². The van der Waals surface area contributed by atoms with Gasteiger partial charge in [-0.25, -0.2) is 4.39 Å². The van der Waals surface area contributed by atoms with Crippen molar-refractivity contribution >= 4 is 15.9 Å². The van der Waals surface area contributed by atoms with Gasteiger partial charge in [0.25, 0.3) is 0 Å². The number of hydrogen-bond acceptors (Lipinski definition) is 2. The third kappa shape index (κ3) is 2.86. The number of rotatable bonds is 3. The molecule has 0 aliphatic carbocycles. The molecule has 0 bridgehead atoms. The predicted octanol–water partition coefficient (Wildman–Crippen LogP) is 4.30. The molecule has 4 heteroatoms. The molecule has 2 rings (SSSR count). The molecule has 2 aromatic rings. The van der Waals surface area contributed by atoms with Gasteiger partial charge >= 0.3 is 0 Å².